The fourth-order valence-electron chi connectivity index (χ4n) is 8.08. The van der Waals surface area contributed by atoms with Gasteiger partial charge in [0, 0.05) is 65.4 Å². The van der Waals surface area contributed by atoms with Crippen LogP contribution >= 0.6 is 68.0 Å². The number of Topliss-reactive ketones (excluding diaryl/α,β-unsaturated/α-hetero) is 1. The van der Waals surface area contributed by atoms with Crippen molar-refractivity contribution in [3.63, 3.8) is 0 Å². The van der Waals surface area contributed by atoms with Gasteiger partial charge in [-0.1, -0.05) is 44.2 Å². The number of aliphatic hydroxyl groups is 1. The van der Waals surface area contributed by atoms with Crippen molar-refractivity contribution in [1.29, 1.82) is 0 Å². The summed E-state index contributed by atoms with van der Waals surface area (Å²) in [7, 11) is 2.98. The van der Waals surface area contributed by atoms with Crippen LogP contribution in [0.3, 0.4) is 0 Å². The van der Waals surface area contributed by atoms with E-state index in [0.29, 0.717) is 79.5 Å². The van der Waals surface area contributed by atoms with Crippen LogP contribution in [0, 0.1) is 12.8 Å². The molecule has 0 radical (unpaired) electrons. The van der Waals surface area contributed by atoms with E-state index in [0.717, 1.165) is 0 Å². The average Bonchev–Trinajstić information content (AvgIpc) is 4.28. The monoisotopic (exact) mass is 1140 g/mol. The molecule has 4 atom stereocenters. The number of amides is 5. The highest BCUT2D eigenvalue weighted by Gasteiger charge is 2.33. The van der Waals surface area contributed by atoms with Gasteiger partial charge in [0.25, 0.3) is 11.8 Å². The first-order chi connectivity index (χ1) is 36.6. The van der Waals surface area contributed by atoms with Crippen LogP contribution in [0.1, 0.15) is 120 Å². The Hall–Kier alpha value is -6.91. The third-order valence-electron chi connectivity index (χ3n) is 11.9. The summed E-state index contributed by atoms with van der Waals surface area (Å²) in [6.45, 7) is 6.60. The van der Waals surface area contributed by atoms with Gasteiger partial charge in [-0.25, -0.2) is 34.9 Å². The highest BCUT2D eigenvalue weighted by Crippen LogP contribution is 2.40. The second kappa shape index (κ2) is 23.5. The van der Waals surface area contributed by atoms with Crippen molar-refractivity contribution in [2.45, 2.75) is 71.2 Å². The number of ketones is 1. The molecule has 6 N–H and O–H groups in total. The molecular formula is C50H48N12O8S6. The predicted octanol–water partition coefficient (Wildman–Crippen LogP) is 8.16. The van der Waals surface area contributed by atoms with Crippen molar-refractivity contribution in [1.82, 2.24) is 56.2 Å². The summed E-state index contributed by atoms with van der Waals surface area (Å²) < 4.78 is 5.46. The van der Waals surface area contributed by atoms with Crippen molar-refractivity contribution in [3.8, 4) is 43.4 Å². The molecule has 392 valence electrons. The quantitative estimate of drug-likeness (QED) is 0.0795. The van der Waals surface area contributed by atoms with E-state index in [4.69, 9.17) is 34.6 Å². The summed E-state index contributed by atoms with van der Waals surface area (Å²) in [5.74, 6) is -2.99. The molecule has 5 amide bonds. The molecule has 26 heteroatoms. The van der Waals surface area contributed by atoms with Gasteiger partial charge in [0.15, 0.2) is 5.78 Å². The fourth-order valence-corrected chi connectivity index (χ4v) is 13.6. The number of aliphatic hydroxyl groups excluding tert-OH is 1. The molecule has 8 aromatic rings. The standard InChI is InChI=1S/C50H48N12O8S6/c1-22(2)27-14-33(64)38-23(3)75-49(61-38)29(15-36(65)51-5)55-43(68)31-19-71-45(57-31)26-12-13-28(47-59-35(21-74-47)53-24(4)63)54-39(26)30-18-72-48(56-30)32-20-73-50(58-32)41(42(67)25-10-8-7-9-11-25)60-37(66)16-52-44(69)40-34(17-70-6)76-46(27)62-40/h7-13,18-22,27,29,41-42,67H,14-17H2,1-6H3,(H,51,65)(H,52,69)(H,53,63)(H,55,68)(H,60,66). The van der Waals surface area contributed by atoms with Gasteiger partial charge >= 0.3 is 0 Å². The van der Waals surface area contributed by atoms with Crippen LogP contribution in [0.15, 0.2) is 64.0 Å². The number of thiazole rings is 6. The molecule has 0 aliphatic carbocycles. The van der Waals surface area contributed by atoms with E-state index in [1.165, 1.54) is 89.1 Å². The Morgan fingerprint density at radius 2 is 1.46 bits per heavy atom. The van der Waals surface area contributed by atoms with Crippen LogP contribution in [0.2, 0.25) is 0 Å². The lowest BCUT2D eigenvalue weighted by Gasteiger charge is -2.23. The molecule has 1 aliphatic rings. The van der Waals surface area contributed by atoms with Crippen LogP contribution in [-0.2, 0) is 25.7 Å². The number of hydrogen-bond acceptors (Lipinski definition) is 21. The summed E-state index contributed by atoms with van der Waals surface area (Å²) >= 11 is 7.41. The van der Waals surface area contributed by atoms with E-state index in [-0.39, 0.29) is 60.0 Å². The molecule has 7 aromatic heterocycles. The van der Waals surface area contributed by atoms with Gasteiger partial charge in [-0.05, 0) is 30.5 Å². The van der Waals surface area contributed by atoms with E-state index < -0.39 is 48.4 Å². The number of aromatic nitrogens is 7. The molecule has 0 fully saturated rings. The van der Waals surface area contributed by atoms with E-state index in [1.54, 1.807) is 64.8 Å². The number of pyridine rings is 1. The molecule has 0 saturated carbocycles. The molecule has 10 bridgehead atoms. The van der Waals surface area contributed by atoms with Crippen molar-refractivity contribution >= 4 is 109 Å². The lowest BCUT2D eigenvalue weighted by molar-refractivity contribution is -0.122. The molecule has 20 nitrogen and oxygen atoms in total. The number of ether oxygens (including phenoxy) is 1. The SMILES string of the molecule is CNC(=O)CC1NC(=O)c2csc(n2)-c2ccc(-c3nc(NC(C)=O)cs3)nc2-c2csc(n2)-c2csc(n2)C(C(O)c2ccccc2)NC(=O)CNC(=O)c2nc(sc2COC)C(C(C)C)CC(=O)c2nc1sc2C. The summed E-state index contributed by atoms with van der Waals surface area (Å²) in [6.07, 6.45) is -1.45. The van der Waals surface area contributed by atoms with E-state index in [9.17, 15) is 33.9 Å². The van der Waals surface area contributed by atoms with Gasteiger partial charge in [-0.3, -0.25) is 28.8 Å². The molecule has 9 rings (SSSR count). The van der Waals surface area contributed by atoms with Gasteiger partial charge < -0.3 is 36.4 Å². The second-order valence-corrected chi connectivity index (χ2v) is 23.5. The first-order valence-electron chi connectivity index (χ1n) is 23.5. The third kappa shape index (κ3) is 12.0. The number of carbonyl (C=O) groups is 6. The number of anilines is 1. The number of nitrogens with one attached hydrogen (secondary N) is 5. The van der Waals surface area contributed by atoms with Gasteiger partial charge in [-0.2, -0.15) is 0 Å². The van der Waals surface area contributed by atoms with E-state index in [1.807, 2.05) is 19.9 Å². The topological polar surface area (TPSA) is 282 Å². The molecule has 1 aromatic carbocycles. The summed E-state index contributed by atoms with van der Waals surface area (Å²) in [5, 5.41) is 35.2. The van der Waals surface area contributed by atoms with Crippen LogP contribution in [0.25, 0.3) is 43.4 Å². The van der Waals surface area contributed by atoms with Crippen molar-refractivity contribution in [2.75, 3.05) is 26.0 Å². The minimum Gasteiger partial charge on any atom is -0.386 e. The maximum atomic E-state index is 14.3. The Labute approximate surface area is 458 Å². The van der Waals surface area contributed by atoms with Crippen molar-refractivity contribution in [2.24, 2.45) is 5.92 Å². The van der Waals surface area contributed by atoms with E-state index >= 15 is 0 Å². The number of fused-ring (bicyclic) bond motifs is 14. The smallest absolute Gasteiger partial charge is 0.271 e. The summed E-state index contributed by atoms with van der Waals surface area (Å²) in [6, 6.07) is 10.4. The van der Waals surface area contributed by atoms with Gasteiger partial charge in [-0.15, -0.1) is 68.0 Å². The minimum atomic E-state index is -1.25. The fraction of sp³-hybridized carbons (Fsp3) is 0.300. The van der Waals surface area contributed by atoms with Crippen molar-refractivity contribution in [3.05, 3.63) is 111 Å². The lowest BCUT2D eigenvalue weighted by Crippen LogP contribution is -2.40. The molecule has 8 heterocycles. The molecular weight excluding hydrogens is 1090 g/mol. The predicted molar refractivity (Wildman–Crippen MR) is 293 cm³/mol. The maximum Gasteiger partial charge on any atom is 0.271 e. The third-order valence-corrected chi connectivity index (χ3v) is 17.7. The lowest BCUT2D eigenvalue weighted by atomic mass is 9.90. The van der Waals surface area contributed by atoms with Gasteiger partial charge in [0.05, 0.1) is 41.2 Å². The number of benzene rings is 1. The van der Waals surface area contributed by atoms with Gasteiger partial charge in [0.2, 0.25) is 17.7 Å². The van der Waals surface area contributed by atoms with Gasteiger partial charge in [0.1, 0.15) is 77.2 Å². The normalized spacial score (nSPS) is 16.9. The number of nitrogens with zero attached hydrogens (tertiary/aromatic N) is 7. The Morgan fingerprint density at radius 3 is 2.21 bits per heavy atom. The first kappa shape index (κ1) is 53.9. The summed E-state index contributed by atoms with van der Waals surface area (Å²) in [5.41, 5.74) is 3.12. The molecule has 1 aliphatic heterocycles. The molecule has 4 unspecified atom stereocenters. The highest BCUT2D eigenvalue weighted by molar-refractivity contribution is 7.15. The maximum absolute atomic E-state index is 14.3. The van der Waals surface area contributed by atoms with Crippen LogP contribution in [0.4, 0.5) is 5.82 Å². The Bertz CT molecular complexity index is 3470. The zero-order chi connectivity index (χ0) is 53.8. The van der Waals surface area contributed by atoms with Crippen LogP contribution < -0.4 is 26.6 Å². The Kier molecular flexibility index (Phi) is 16.7. The Balaban J connectivity index is 1.13. The largest absolute Gasteiger partial charge is 0.386 e. The number of aryl methyl sites for hydroxylation is 1. The number of methoxy groups -OCH3 is 1. The Morgan fingerprint density at radius 1 is 0.750 bits per heavy atom. The zero-order valence-corrected chi connectivity index (χ0v) is 46.3. The second-order valence-electron chi connectivity index (χ2n) is 17.6. The molecule has 0 spiro atoms. The number of hydrogen-bond donors (Lipinski definition) is 6. The summed E-state index contributed by atoms with van der Waals surface area (Å²) in [4.78, 5) is 116. The first-order valence-corrected chi connectivity index (χ1v) is 28.7. The number of carbonyl (C=O) groups excluding carboxylic acids is 6. The minimum absolute atomic E-state index is 0.0232. The van der Waals surface area contributed by atoms with E-state index in [2.05, 4.69) is 31.6 Å². The van der Waals surface area contributed by atoms with Crippen LogP contribution in [-0.4, -0.2) is 96.0 Å². The molecule has 0 saturated heterocycles. The van der Waals surface area contributed by atoms with Crippen molar-refractivity contribution < 1.29 is 38.6 Å². The highest BCUT2D eigenvalue weighted by atomic mass is 32.1. The average molecular weight is 1140 g/mol. The zero-order valence-electron chi connectivity index (χ0n) is 41.5. The number of rotatable bonds is 9. The van der Waals surface area contributed by atoms with Crippen LogP contribution in [0.5, 0.6) is 0 Å². The molecule has 76 heavy (non-hydrogen) atoms.